The minimum atomic E-state index is -0.785. The molecule has 2 aromatic rings. The summed E-state index contributed by atoms with van der Waals surface area (Å²) in [5, 5.41) is 0. The van der Waals surface area contributed by atoms with Crippen molar-refractivity contribution in [2.24, 2.45) is 0 Å². The zero-order chi connectivity index (χ0) is 13.9. The summed E-state index contributed by atoms with van der Waals surface area (Å²) >= 11 is 0. The van der Waals surface area contributed by atoms with E-state index in [0.717, 1.165) is 23.1 Å². The summed E-state index contributed by atoms with van der Waals surface area (Å²) < 4.78 is 6.80. The van der Waals surface area contributed by atoms with Gasteiger partial charge >= 0.3 is 11.2 Å². The fourth-order valence-corrected chi connectivity index (χ4v) is 3.33. The number of hydrogen-bond donors (Lipinski definition) is 0. The van der Waals surface area contributed by atoms with Gasteiger partial charge in [0, 0.05) is 5.54 Å². The highest BCUT2D eigenvalue weighted by Crippen LogP contribution is 2.40. The number of benzene rings is 1. The highest BCUT2D eigenvalue weighted by Gasteiger charge is 2.34. The number of aromatic nitrogens is 1. The molecule has 2 heterocycles. The molecule has 1 aliphatic rings. The minimum absolute atomic E-state index is 0.338. The van der Waals surface area contributed by atoms with Crippen molar-refractivity contribution in [1.82, 2.24) is 4.57 Å². The van der Waals surface area contributed by atoms with Crippen LogP contribution in [0.3, 0.4) is 0 Å². The van der Waals surface area contributed by atoms with E-state index < -0.39 is 11.2 Å². The third-order valence-corrected chi connectivity index (χ3v) is 3.99. The molecule has 0 saturated carbocycles. The Hall–Kier alpha value is -1.84. The van der Waals surface area contributed by atoms with E-state index in [4.69, 9.17) is 4.42 Å². The SMILES string of the molecule is Cc1cc2c3c(c1)oc(=O)c(=O)n3C(C)(C)CC2C. The fourth-order valence-electron chi connectivity index (χ4n) is 3.33. The zero-order valence-electron chi connectivity index (χ0n) is 11.6. The Morgan fingerprint density at radius 3 is 2.68 bits per heavy atom. The second-order valence-corrected chi connectivity index (χ2v) is 6.15. The van der Waals surface area contributed by atoms with Crippen molar-refractivity contribution in [3.63, 3.8) is 0 Å². The largest absolute Gasteiger partial charge is 0.417 e. The molecule has 0 amide bonds. The summed E-state index contributed by atoms with van der Waals surface area (Å²) in [6.07, 6.45) is 0.835. The van der Waals surface area contributed by atoms with Crippen LogP contribution in [0.4, 0.5) is 0 Å². The van der Waals surface area contributed by atoms with Crippen LogP contribution in [0.1, 0.15) is 44.2 Å². The van der Waals surface area contributed by atoms with Gasteiger partial charge in [0.1, 0.15) is 0 Å². The smallest absolute Gasteiger partial charge is 0.402 e. The monoisotopic (exact) mass is 259 g/mol. The van der Waals surface area contributed by atoms with Crippen molar-refractivity contribution in [3.8, 4) is 0 Å². The molecule has 19 heavy (non-hydrogen) atoms. The quantitative estimate of drug-likeness (QED) is 0.683. The first-order chi connectivity index (χ1) is 8.81. The van der Waals surface area contributed by atoms with E-state index in [1.54, 1.807) is 4.57 Å². The van der Waals surface area contributed by atoms with Crippen LogP contribution >= 0.6 is 0 Å². The van der Waals surface area contributed by atoms with Gasteiger partial charge in [0.25, 0.3) is 0 Å². The van der Waals surface area contributed by atoms with Crippen molar-refractivity contribution < 1.29 is 4.42 Å². The molecule has 1 aromatic carbocycles. The molecule has 100 valence electrons. The summed E-state index contributed by atoms with van der Waals surface area (Å²) in [7, 11) is 0. The van der Waals surface area contributed by atoms with Crippen LogP contribution in [0.15, 0.2) is 26.1 Å². The summed E-state index contributed by atoms with van der Waals surface area (Å²) in [5.74, 6) is 0.338. The normalized spacial score (nSPS) is 20.7. The van der Waals surface area contributed by atoms with Crippen molar-refractivity contribution in [2.75, 3.05) is 0 Å². The van der Waals surface area contributed by atoms with Crippen LogP contribution in [0.5, 0.6) is 0 Å². The first-order valence-electron chi connectivity index (χ1n) is 6.52. The maximum atomic E-state index is 12.2. The van der Waals surface area contributed by atoms with Crippen LogP contribution in [-0.2, 0) is 5.54 Å². The van der Waals surface area contributed by atoms with Crippen molar-refractivity contribution in [1.29, 1.82) is 0 Å². The van der Waals surface area contributed by atoms with Crippen LogP contribution in [-0.4, -0.2) is 4.57 Å². The van der Waals surface area contributed by atoms with Gasteiger partial charge in [-0.05, 0) is 50.3 Å². The van der Waals surface area contributed by atoms with Gasteiger partial charge in [-0.15, -0.1) is 0 Å². The molecule has 0 saturated heterocycles. The van der Waals surface area contributed by atoms with E-state index in [-0.39, 0.29) is 5.54 Å². The number of nitrogens with zero attached hydrogens (tertiary/aromatic N) is 1. The fraction of sp³-hybridized carbons (Fsp3) is 0.467. The Bertz CT molecular complexity index is 795. The molecule has 1 aliphatic heterocycles. The lowest BCUT2D eigenvalue weighted by molar-refractivity contribution is 0.284. The molecule has 0 bridgehead atoms. The van der Waals surface area contributed by atoms with Gasteiger partial charge in [-0.25, -0.2) is 4.79 Å². The Labute approximate surface area is 110 Å². The molecule has 0 N–H and O–H groups in total. The van der Waals surface area contributed by atoms with E-state index in [9.17, 15) is 9.59 Å². The topological polar surface area (TPSA) is 52.2 Å². The summed E-state index contributed by atoms with van der Waals surface area (Å²) in [5.41, 5.74) is 1.71. The van der Waals surface area contributed by atoms with Gasteiger partial charge in [-0.3, -0.25) is 9.36 Å². The average molecular weight is 259 g/mol. The van der Waals surface area contributed by atoms with E-state index >= 15 is 0 Å². The van der Waals surface area contributed by atoms with E-state index in [1.807, 2.05) is 26.8 Å². The van der Waals surface area contributed by atoms with Gasteiger partial charge in [0.05, 0.1) is 5.52 Å². The standard InChI is InChI=1S/C15H17NO3/c1-8-5-10-9(2)7-15(3,4)16-12(10)11(6-8)19-14(18)13(16)17/h5-6,9H,7H2,1-4H3. The summed E-state index contributed by atoms with van der Waals surface area (Å²) in [6.45, 7) is 8.10. The molecule has 3 rings (SSSR count). The van der Waals surface area contributed by atoms with E-state index in [1.165, 1.54) is 0 Å². The molecule has 1 aromatic heterocycles. The Morgan fingerprint density at radius 1 is 1.32 bits per heavy atom. The average Bonchev–Trinajstić information content (AvgIpc) is 2.27. The van der Waals surface area contributed by atoms with E-state index in [0.29, 0.717) is 11.5 Å². The first-order valence-corrected chi connectivity index (χ1v) is 6.52. The van der Waals surface area contributed by atoms with Crippen LogP contribution in [0.25, 0.3) is 11.1 Å². The van der Waals surface area contributed by atoms with Gasteiger partial charge < -0.3 is 4.42 Å². The van der Waals surface area contributed by atoms with Crippen molar-refractivity contribution >= 4 is 11.1 Å². The Morgan fingerprint density at radius 2 is 2.00 bits per heavy atom. The number of aryl methyl sites for hydroxylation is 1. The summed E-state index contributed by atoms with van der Waals surface area (Å²) in [4.78, 5) is 23.9. The lowest BCUT2D eigenvalue weighted by atomic mass is 9.82. The van der Waals surface area contributed by atoms with Crippen LogP contribution in [0, 0.1) is 6.92 Å². The van der Waals surface area contributed by atoms with Gasteiger partial charge in [-0.2, -0.15) is 0 Å². The predicted molar refractivity (Wildman–Crippen MR) is 73.8 cm³/mol. The lowest BCUT2D eigenvalue weighted by Crippen LogP contribution is -2.46. The molecule has 0 aliphatic carbocycles. The second-order valence-electron chi connectivity index (χ2n) is 6.15. The third-order valence-electron chi connectivity index (χ3n) is 3.99. The molecular formula is C15H17NO3. The minimum Gasteiger partial charge on any atom is -0.417 e. The molecule has 0 spiro atoms. The molecule has 0 radical (unpaired) electrons. The van der Waals surface area contributed by atoms with Crippen LogP contribution in [0.2, 0.25) is 0 Å². The van der Waals surface area contributed by atoms with Crippen LogP contribution < -0.4 is 11.2 Å². The van der Waals surface area contributed by atoms with E-state index in [2.05, 4.69) is 13.0 Å². The maximum Gasteiger partial charge on any atom is 0.402 e. The summed E-state index contributed by atoms with van der Waals surface area (Å²) in [6, 6.07) is 3.91. The van der Waals surface area contributed by atoms with Gasteiger partial charge in [-0.1, -0.05) is 13.0 Å². The maximum absolute atomic E-state index is 12.2. The van der Waals surface area contributed by atoms with Gasteiger partial charge in [0.15, 0.2) is 5.58 Å². The lowest BCUT2D eigenvalue weighted by Gasteiger charge is -2.37. The third kappa shape index (κ3) is 1.59. The number of hydrogen-bond acceptors (Lipinski definition) is 3. The zero-order valence-corrected chi connectivity index (χ0v) is 11.6. The molecule has 0 fully saturated rings. The van der Waals surface area contributed by atoms with Crippen molar-refractivity contribution in [2.45, 2.75) is 45.6 Å². The molecule has 4 heteroatoms. The molecule has 4 nitrogen and oxygen atoms in total. The Balaban J connectivity index is 2.64. The highest BCUT2D eigenvalue weighted by molar-refractivity contribution is 5.79. The molecular weight excluding hydrogens is 242 g/mol. The van der Waals surface area contributed by atoms with Gasteiger partial charge in [0.2, 0.25) is 0 Å². The highest BCUT2D eigenvalue weighted by atomic mass is 16.4. The molecule has 1 atom stereocenters. The predicted octanol–water partition coefficient (Wildman–Crippen LogP) is 2.51. The second kappa shape index (κ2) is 3.59. The first kappa shape index (κ1) is 12.2. The molecule has 1 unspecified atom stereocenters. The Kier molecular flexibility index (Phi) is 2.31. The van der Waals surface area contributed by atoms with Crippen molar-refractivity contribution in [3.05, 3.63) is 44.0 Å². The number of rotatable bonds is 0.